The molecule has 0 aliphatic carbocycles. The van der Waals surface area contributed by atoms with Crippen LogP contribution in [0.5, 0.6) is 0 Å². The molecule has 0 bridgehead atoms. The zero-order valence-corrected chi connectivity index (χ0v) is 9.20. The minimum Gasteiger partial charge on any atom is -0.361 e. The highest BCUT2D eigenvalue weighted by Crippen LogP contribution is 2.21. The van der Waals surface area contributed by atoms with Crippen LogP contribution in [-0.4, -0.2) is 11.0 Å². The first-order valence-electron chi connectivity index (χ1n) is 5.22. The summed E-state index contributed by atoms with van der Waals surface area (Å²) in [6.45, 7) is 3.58. The number of aromatic nitrogens is 1. The second-order valence-electron chi connectivity index (χ2n) is 3.95. The highest BCUT2D eigenvalue weighted by atomic mass is 19.1. The van der Waals surface area contributed by atoms with Crippen LogP contribution in [0.4, 0.5) is 4.39 Å². The molecule has 2 rings (SSSR count). The lowest BCUT2D eigenvalue weighted by atomic mass is 10.0. The predicted molar refractivity (Wildman–Crippen MR) is 64.7 cm³/mol. The van der Waals surface area contributed by atoms with E-state index in [0.717, 1.165) is 16.5 Å². The maximum absolute atomic E-state index is 13.1. The van der Waals surface area contributed by atoms with Crippen molar-refractivity contribution in [1.82, 2.24) is 4.98 Å². The number of nitrogens with zero attached hydrogens (tertiary/aromatic N) is 1. The van der Waals surface area contributed by atoms with E-state index in [4.69, 9.17) is 11.0 Å². The van der Waals surface area contributed by atoms with Crippen LogP contribution < -0.4 is 5.73 Å². The molecule has 0 amide bonds. The van der Waals surface area contributed by atoms with Crippen LogP contribution in [0.2, 0.25) is 0 Å². The van der Waals surface area contributed by atoms with Crippen molar-refractivity contribution < 1.29 is 4.39 Å². The fraction of sp³-hybridized carbons (Fsp3) is 0.154. The molecule has 3 nitrogen and oxygen atoms in total. The van der Waals surface area contributed by atoms with Crippen LogP contribution in [0.3, 0.4) is 0 Å². The van der Waals surface area contributed by atoms with Crippen molar-refractivity contribution >= 4 is 10.9 Å². The molecule has 3 N–H and O–H groups in total. The molecule has 1 heterocycles. The average molecular weight is 229 g/mol. The molecule has 0 aliphatic heterocycles. The number of H-pyrrole nitrogens is 1. The number of halogens is 1. The van der Waals surface area contributed by atoms with Crippen LogP contribution in [0, 0.1) is 17.1 Å². The van der Waals surface area contributed by atoms with Gasteiger partial charge in [-0.2, -0.15) is 5.26 Å². The molecule has 1 atom stereocenters. The molecule has 0 radical (unpaired) electrons. The zero-order valence-electron chi connectivity index (χ0n) is 9.20. The van der Waals surface area contributed by atoms with E-state index in [9.17, 15) is 4.39 Å². The third kappa shape index (κ3) is 2.19. The van der Waals surface area contributed by atoms with Crippen molar-refractivity contribution in [2.75, 3.05) is 0 Å². The van der Waals surface area contributed by atoms with E-state index < -0.39 is 6.04 Å². The van der Waals surface area contributed by atoms with Crippen LogP contribution >= 0.6 is 0 Å². The summed E-state index contributed by atoms with van der Waals surface area (Å²) in [6.07, 6.45) is 2.25. The number of fused-ring (bicyclic) bond motifs is 1. The number of hydrogen-bond donors (Lipinski definition) is 2. The summed E-state index contributed by atoms with van der Waals surface area (Å²) in [5, 5.41) is 9.49. The van der Waals surface area contributed by atoms with Gasteiger partial charge < -0.3 is 10.7 Å². The van der Waals surface area contributed by atoms with Crippen molar-refractivity contribution in [2.24, 2.45) is 5.73 Å². The highest BCUT2D eigenvalue weighted by Gasteiger charge is 2.11. The van der Waals surface area contributed by atoms with E-state index >= 15 is 0 Å². The summed E-state index contributed by atoms with van der Waals surface area (Å²) in [5.74, 6) is -0.286. The van der Waals surface area contributed by atoms with Crippen LogP contribution in [-0.2, 0) is 6.42 Å². The standard InChI is InChI=1S/C13H12FN3/c1-8(6-15)12(16)4-9-7-17-13-3-2-10(14)5-11(9)13/h2-3,5,7,12,17H,1,4,16H2. The Morgan fingerprint density at radius 2 is 2.35 bits per heavy atom. The van der Waals surface area contributed by atoms with E-state index in [2.05, 4.69) is 11.6 Å². The maximum atomic E-state index is 13.1. The molecule has 1 unspecified atom stereocenters. The molecular formula is C13H12FN3. The van der Waals surface area contributed by atoms with Crippen molar-refractivity contribution in [3.63, 3.8) is 0 Å². The summed E-state index contributed by atoms with van der Waals surface area (Å²) in [6, 6.07) is 6.04. The number of nitrogens with two attached hydrogens (primary N) is 1. The average Bonchev–Trinajstić information content (AvgIpc) is 2.71. The van der Waals surface area contributed by atoms with Gasteiger partial charge in [0.1, 0.15) is 5.82 Å². The number of nitriles is 1. The van der Waals surface area contributed by atoms with Gasteiger partial charge in [-0.05, 0) is 30.2 Å². The van der Waals surface area contributed by atoms with Crippen molar-refractivity contribution in [3.05, 3.63) is 47.9 Å². The summed E-state index contributed by atoms with van der Waals surface area (Å²) in [7, 11) is 0. The van der Waals surface area contributed by atoms with Gasteiger partial charge in [0.15, 0.2) is 0 Å². The van der Waals surface area contributed by atoms with E-state index in [1.165, 1.54) is 12.1 Å². The number of hydrogen-bond acceptors (Lipinski definition) is 2. The molecule has 17 heavy (non-hydrogen) atoms. The van der Waals surface area contributed by atoms with Gasteiger partial charge >= 0.3 is 0 Å². The van der Waals surface area contributed by atoms with Crippen molar-refractivity contribution in [3.8, 4) is 6.07 Å². The first-order chi connectivity index (χ1) is 8.11. The molecule has 0 saturated heterocycles. The monoisotopic (exact) mass is 229 g/mol. The van der Waals surface area contributed by atoms with Gasteiger partial charge in [0.05, 0.1) is 6.07 Å². The first-order valence-corrected chi connectivity index (χ1v) is 5.22. The quantitative estimate of drug-likeness (QED) is 0.793. The summed E-state index contributed by atoms with van der Waals surface area (Å²) in [4.78, 5) is 3.04. The summed E-state index contributed by atoms with van der Waals surface area (Å²) in [5.41, 5.74) is 7.90. The van der Waals surface area contributed by atoms with E-state index in [0.29, 0.717) is 12.0 Å². The Labute approximate surface area is 98.4 Å². The van der Waals surface area contributed by atoms with Gasteiger partial charge in [0, 0.05) is 28.7 Å². The zero-order chi connectivity index (χ0) is 12.4. The van der Waals surface area contributed by atoms with Crippen molar-refractivity contribution in [2.45, 2.75) is 12.5 Å². The fourth-order valence-electron chi connectivity index (χ4n) is 1.76. The topological polar surface area (TPSA) is 65.6 Å². The molecule has 2 aromatic rings. The number of benzene rings is 1. The van der Waals surface area contributed by atoms with Gasteiger partial charge in [0.25, 0.3) is 0 Å². The van der Waals surface area contributed by atoms with Crippen molar-refractivity contribution in [1.29, 1.82) is 5.26 Å². The molecule has 0 saturated carbocycles. The lowest BCUT2D eigenvalue weighted by Crippen LogP contribution is -2.24. The number of aromatic amines is 1. The molecule has 1 aromatic carbocycles. The third-order valence-corrected chi connectivity index (χ3v) is 2.76. The lowest BCUT2D eigenvalue weighted by Gasteiger charge is -2.08. The van der Waals surface area contributed by atoms with Gasteiger partial charge in [-0.3, -0.25) is 0 Å². The van der Waals surface area contributed by atoms with E-state index in [1.807, 2.05) is 6.07 Å². The molecule has 0 fully saturated rings. The molecule has 86 valence electrons. The first kappa shape index (κ1) is 11.4. The maximum Gasteiger partial charge on any atom is 0.123 e. The van der Waals surface area contributed by atoms with Crippen LogP contribution in [0.15, 0.2) is 36.5 Å². The highest BCUT2D eigenvalue weighted by molar-refractivity contribution is 5.83. The second kappa shape index (κ2) is 4.40. The Balaban J connectivity index is 2.34. The Morgan fingerprint density at radius 3 is 3.06 bits per heavy atom. The normalized spacial score (nSPS) is 12.3. The fourth-order valence-corrected chi connectivity index (χ4v) is 1.76. The largest absolute Gasteiger partial charge is 0.361 e. The van der Waals surface area contributed by atoms with E-state index in [1.54, 1.807) is 12.3 Å². The van der Waals surface area contributed by atoms with Crippen LogP contribution in [0.1, 0.15) is 5.56 Å². The Bertz CT molecular complexity index is 607. The molecular weight excluding hydrogens is 217 g/mol. The van der Waals surface area contributed by atoms with Gasteiger partial charge in [-0.1, -0.05) is 6.58 Å². The lowest BCUT2D eigenvalue weighted by molar-refractivity contribution is 0.629. The minimum atomic E-state index is -0.428. The van der Waals surface area contributed by atoms with E-state index in [-0.39, 0.29) is 5.82 Å². The predicted octanol–water partition coefficient (Wildman–Crippen LogP) is 2.26. The van der Waals surface area contributed by atoms with Gasteiger partial charge in [-0.15, -0.1) is 0 Å². The second-order valence-corrected chi connectivity index (χ2v) is 3.95. The summed E-state index contributed by atoms with van der Waals surface area (Å²) < 4.78 is 13.1. The smallest absolute Gasteiger partial charge is 0.123 e. The number of nitrogens with one attached hydrogen (secondary N) is 1. The molecule has 1 aromatic heterocycles. The van der Waals surface area contributed by atoms with Gasteiger partial charge in [0.2, 0.25) is 0 Å². The molecule has 0 spiro atoms. The Kier molecular flexibility index (Phi) is 2.94. The SMILES string of the molecule is C=C(C#N)C(N)Cc1c[nH]c2ccc(F)cc12. The van der Waals surface area contributed by atoms with Gasteiger partial charge in [-0.25, -0.2) is 4.39 Å². The molecule has 0 aliphatic rings. The third-order valence-electron chi connectivity index (χ3n) is 2.76. The summed E-state index contributed by atoms with van der Waals surface area (Å²) >= 11 is 0. The number of rotatable bonds is 3. The molecule has 4 heteroatoms. The Hall–Kier alpha value is -2.12. The van der Waals surface area contributed by atoms with Crippen LogP contribution in [0.25, 0.3) is 10.9 Å². The minimum absolute atomic E-state index is 0.286. The Morgan fingerprint density at radius 1 is 1.59 bits per heavy atom.